The van der Waals surface area contributed by atoms with Gasteiger partial charge in [-0.3, -0.25) is 4.99 Å². The molecule has 2 saturated heterocycles. The first-order valence-electron chi connectivity index (χ1n) is 11.3. The van der Waals surface area contributed by atoms with Gasteiger partial charge in [0.1, 0.15) is 11.6 Å². The average Bonchev–Trinajstić information content (AvgIpc) is 2.85. The van der Waals surface area contributed by atoms with E-state index in [1.165, 1.54) is 11.8 Å². The standard InChI is InChI=1S/C25H33FN4O2.HI/c1-27-24(30-13-11-29(12-14-30)22-7-4-8-23(18-22)31-2)28-19-25(9-15-32-16-10-25)20-5-3-6-21(26)17-20;/h3-8,17-18H,9-16,19H2,1-2H3,(H,27,28);1H. The third kappa shape index (κ3) is 6.09. The van der Waals surface area contributed by atoms with E-state index >= 15 is 0 Å². The topological polar surface area (TPSA) is 49.3 Å². The van der Waals surface area contributed by atoms with Crippen molar-refractivity contribution in [2.75, 3.05) is 65.0 Å². The van der Waals surface area contributed by atoms with Gasteiger partial charge in [-0.1, -0.05) is 18.2 Å². The molecule has 0 radical (unpaired) electrons. The zero-order chi connectivity index (χ0) is 22.4. The fourth-order valence-corrected chi connectivity index (χ4v) is 4.71. The predicted octanol–water partition coefficient (Wildman–Crippen LogP) is 3.90. The molecule has 0 unspecified atom stereocenters. The highest BCUT2D eigenvalue weighted by molar-refractivity contribution is 14.0. The van der Waals surface area contributed by atoms with Crippen LogP contribution >= 0.6 is 24.0 Å². The molecule has 0 spiro atoms. The Bertz CT molecular complexity index is 928. The van der Waals surface area contributed by atoms with Crippen LogP contribution in [0.4, 0.5) is 10.1 Å². The number of benzene rings is 2. The van der Waals surface area contributed by atoms with Gasteiger partial charge in [-0.15, -0.1) is 24.0 Å². The summed E-state index contributed by atoms with van der Waals surface area (Å²) in [5, 5.41) is 3.60. The maximum Gasteiger partial charge on any atom is 0.193 e. The zero-order valence-electron chi connectivity index (χ0n) is 19.4. The molecule has 0 amide bonds. The van der Waals surface area contributed by atoms with Crippen molar-refractivity contribution in [1.82, 2.24) is 10.2 Å². The first-order chi connectivity index (χ1) is 15.6. The lowest BCUT2D eigenvalue weighted by Crippen LogP contribution is -2.55. The summed E-state index contributed by atoms with van der Waals surface area (Å²) in [6.45, 7) is 5.68. The molecule has 180 valence electrons. The summed E-state index contributed by atoms with van der Waals surface area (Å²) in [6.07, 6.45) is 1.73. The molecule has 2 aliphatic heterocycles. The van der Waals surface area contributed by atoms with Gasteiger partial charge >= 0.3 is 0 Å². The molecule has 2 aromatic rings. The number of nitrogens with zero attached hydrogens (tertiary/aromatic N) is 3. The van der Waals surface area contributed by atoms with Crippen LogP contribution < -0.4 is 15.0 Å². The summed E-state index contributed by atoms with van der Waals surface area (Å²) in [7, 11) is 3.53. The van der Waals surface area contributed by atoms with E-state index in [4.69, 9.17) is 9.47 Å². The van der Waals surface area contributed by atoms with Crippen LogP contribution in [0.2, 0.25) is 0 Å². The summed E-state index contributed by atoms with van der Waals surface area (Å²) in [6, 6.07) is 15.2. The highest BCUT2D eigenvalue weighted by Crippen LogP contribution is 2.34. The lowest BCUT2D eigenvalue weighted by Gasteiger charge is -2.41. The van der Waals surface area contributed by atoms with E-state index in [9.17, 15) is 4.39 Å². The van der Waals surface area contributed by atoms with Crippen LogP contribution in [0.25, 0.3) is 0 Å². The monoisotopic (exact) mass is 568 g/mol. The van der Waals surface area contributed by atoms with Crippen LogP contribution in [0.5, 0.6) is 5.75 Å². The van der Waals surface area contributed by atoms with Crippen molar-refractivity contribution in [3.05, 3.63) is 59.9 Å². The lowest BCUT2D eigenvalue weighted by atomic mass is 9.74. The second kappa shape index (κ2) is 11.9. The van der Waals surface area contributed by atoms with E-state index in [1.807, 2.05) is 25.2 Å². The number of piperazine rings is 1. The van der Waals surface area contributed by atoms with Crippen LogP contribution in [0.15, 0.2) is 53.5 Å². The molecule has 33 heavy (non-hydrogen) atoms. The minimum atomic E-state index is -0.189. The number of aliphatic imine (C=N–C) groups is 1. The number of halogens is 2. The summed E-state index contributed by atoms with van der Waals surface area (Å²) in [4.78, 5) is 9.23. The minimum Gasteiger partial charge on any atom is -0.497 e. The van der Waals surface area contributed by atoms with Crippen molar-refractivity contribution in [3.8, 4) is 5.75 Å². The summed E-state index contributed by atoms with van der Waals surface area (Å²) in [5.74, 6) is 1.59. The second-order valence-electron chi connectivity index (χ2n) is 8.48. The predicted molar refractivity (Wildman–Crippen MR) is 142 cm³/mol. The van der Waals surface area contributed by atoms with E-state index in [-0.39, 0.29) is 35.2 Å². The quantitative estimate of drug-likeness (QED) is 0.337. The Morgan fingerprint density at radius 2 is 1.82 bits per heavy atom. The van der Waals surface area contributed by atoms with E-state index in [0.29, 0.717) is 19.8 Å². The van der Waals surface area contributed by atoms with Gasteiger partial charge in [0.05, 0.1) is 7.11 Å². The fraction of sp³-hybridized carbons (Fsp3) is 0.480. The van der Waals surface area contributed by atoms with Crippen LogP contribution in [0.3, 0.4) is 0 Å². The normalized spacial score (nSPS) is 18.5. The Morgan fingerprint density at radius 1 is 1.09 bits per heavy atom. The van der Waals surface area contributed by atoms with Gasteiger partial charge < -0.3 is 24.6 Å². The van der Waals surface area contributed by atoms with Crippen LogP contribution in [-0.4, -0.2) is 71.0 Å². The molecule has 0 aliphatic carbocycles. The van der Waals surface area contributed by atoms with Crippen molar-refractivity contribution in [2.24, 2.45) is 4.99 Å². The maximum atomic E-state index is 14.0. The molecule has 0 saturated carbocycles. The molecule has 0 atom stereocenters. The van der Waals surface area contributed by atoms with E-state index in [0.717, 1.165) is 56.3 Å². The van der Waals surface area contributed by atoms with Gasteiger partial charge in [0.25, 0.3) is 0 Å². The fourth-order valence-electron chi connectivity index (χ4n) is 4.71. The van der Waals surface area contributed by atoms with Crippen molar-refractivity contribution in [3.63, 3.8) is 0 Å². The summed E-state index contributed by atoms with van der Waals surface area (Å²) >= 11 is 0. The highest BCUT2D eigenvalue weighted by atomic mass is 127. The van der Waals surface area contributed by atoms with Gasteiger partial charge in [0.2, 0.25) is 0 Å². The molecule has 2 aliphatic rings. The molecule has 4 rings (SSSR count). The SMILES string of the molecule is CN=C(NCC1(c2cccc(F)c2)CCOCC1)N1CCN(c2cccc(OC)c2)CC1.I. The van der Waals surface area contributed by atoms with E-state index in [2.05, 4.69) is 32.2 Å². The molecule has 2 heterocycles. The molecule has 2 aromatic carbocycles. The summed E-state index contributed by atoms with van der Waals surface area (Å²) < 4.78 is 25.0. The third-order valence-electron chi connectivity index (χ3n) is 6.68. The molecular formula is C25H34FIN4O2. The lowest BCUT2D eigenvalue weighted by molar-refractivity contribution is 0.0510. The van der Waals surface area contributed by atoms with Gasteiger partial charge in [-0.05, 0) is 42.7 Å². The number of ether oxygens (including phenoxy) is 2. The number of rotatable bonds is 5. The number of methoxy groups -OCH3 is 1. The Hall–Kier alpha value is -2.07. The van der Waals surface area contributed by atoms with Crippen molar-refractivity contribution < 1.29 is 13.9 Å². The van der Waals surface area contributed by atoms with Gasteiger partial charge in [-0.25, -0.2) is 4.39 Å². The third-order valence-corrected chi connectivity index (χ3v) is 6.68. The second-order valence-corrected chi connectivity index (χ2v) is 8.48. The summed E-state index contributed by atoms with van der Waals surface area (Å²) in [5.41, 5.74) is 2.06. The Kier molecular flexibility index (Phi) is 9.19. The smallest absolute Gasteiger partial charge is 0.193 e. The number of guanidine groups is 1. The van der Waals surface area contributed by atoms with Crippen molar-refractivity contribution in [1.29, 1.82) is 0 Å². The number of hydrogen-bond acceptors (Lipinski definition) is 4. The highest BCUT2D eigenvalue weighted by Gasteiger charge is 2.35. The maximum absolute atomic E-state index is 14.0. The van der Waals surface area contributed by atoms with Crippen LogP contribution in [0, 0.1) is 5.82 Å². The molecule has 0 bridgehead atoms. The average molecular weight is 568 g/mol. The van der Waals surface area contributed by atoms with Crippen LogP contribution in [0.1, 0.15) is 18.4 Å². The molecule has 0 aromatic heterocycles. The van der Waals surface area contributed by atoms with Gasteiger partial charge in [0, 0.05) is 70.2 Å². The number of hydrogen-bond donors (Lipinski definition) is 1. The minimum absolute atomic E-state index is 0. The molecule has 1 N–H and O–H groups in total. The first kappa shape index (κ1) is 25.6. The zero-order valence-corrected chi connectivity index (χ0v) is 21.8. The molecule has 6 nitrogen and oxygen atoms in total. The largest absolute Gasteiger partial charge is 0.497 e. The van der Waals surface area contributed by atoms with Crippen LogP contribution in [-0.2, 0) is 10.2 Å². The first-order valence-corrected chi connectivity index (χ1v) is 11.3. The number of anilines is 1. The molecule has 2 fully saturated rings. The molecular weight excluding hydrogens is 534 g/mol. The van der Waals surface area contributed by atoms with Gasteiger partial charge in [-0.2, -0.15) is 0 Å². The van der Waals surface area contributed by atoms with Gasteiger partial charge in [0.15, 0.2) is 5.96 Å². The Labute approximate surface area is 213 Å². The Morgan fingerprint density at radius 3 is 2.48 bits per heavy atom. The van der Waals surface area contributed by atoms with E-state index in [1.54, 1.807) is 19.2 Å². The molecule has 8 heteroatoms. The van der Waals surface area contributed by atoms with Crippen molar-refractivity contribution >= 4 is 35.6 Å². The van der Waals surface area contributed by atoms with E-state index < -0.39 is 0 Å². The number of nitrogens with one attached hydrogen (secondary N) is 1. The Balaban J connectivity index is 0.00000306. The van der Waals surface area contributed by atoms with Crippen molar-refractivity contribution in [2.45, 2.75) is 18.3 Å².